The Balaban J connectivity index is 2.14. The summed E-state index contributed by atoms with van der Waals surface area (Å²) < 4.78 is 11.7. The van der Waals surface area contributed by atoms with E-state index in [2.05, 4.69) is 10.2 Å². The zero-order valence-corrected chi connectivity index (χ0v) is 11.6. The molecule has 11 nitrogen and oxygen atoms in total. The van der Waals surface area contributed by atoms with E-state index in [-0.39, 0.29) is 5.88 Å². The maximum atomic E-state index is 12.1. The molecule has 3 heterocycles. The Kier molecular flexibility index (Phi) is 3.77. The molecule has 0 amide bonds. The highest BCUT2D eigenvalue weighted by molar-refractivity contribution is 5.08. The molecule has 2 aromatic rings. The van der Waals surface area contributed by atoms with Gasteiger partial charge in [0.2, 0.25) is 5.88 Å². The lowest BCUT2D eigenvalue weighted by atomic mass is 10.1. The molecule has 0 radical (unpaired) electrons. The molecule has 1 aliphatic rings. The number of nitrogens with one attached hydrogen (secondary N) is 2. The lowest BCUT2D eigenvalue weighted by molar-refractivity contribution is -0.273. The number of aromatic amines is 2. The quantitative estimate of drug-likeness (QED) is 0.398. The van der Waals surface area contributed by atoms with Crippen LogP contribution in [0, 0.1) is 0 Å². The Morgan fingerprint density at radius 1 is 1.39 bits per heavy atom. The molecule has 0 aliphatic carbocycles. The Bertz CT molecular complexity index is 785. The van der Waals surface area contributed by atoms with Gasteiger partial charge in [-0.3, -0.25) is 9.78 Å². The molecule has 1 fully saturated rings. The van der Waals surface area contributed by atoms with Crippen molar-refractivity contribution in [2.24, 2.45) is 0 Å². The van der Waals surface area contributed by atoms with E-state index in [1.165, 1.54) is 12.3 Å². The summed E-state index contributed by atoms with van der Waals surface area (Å²) in [6, 6.07) is 2.42. The first-order valence-electron chi connectivity index (χ1n) is 6.63. The Hall–Kier alpha value is -2.47. The Morgan fingerprint density at radius 3 is 2.74 bits per heavy atom. The van der Waals surface area contributed by atoms with E-state index in [1.807, 2.05) is 4.98 Å². The molecule has 2 aromatic heterocycles. The molecule has 23 heavy (non-hydrogen) atoms. The summed E-state index contributed by atoms with van der Waals surface area (Å²) >= 11 is 0. The number of aromatic nitrogens is 4. The van der Waals surface area contributed by atoms with E-state index < -0.39 is 42.1 Å². The third kappa shape index (κ3) is 2.45. The third-order valence-corrected chi connectivity index (χ3v) is 3.47. The summed E-state index contributed by atoms with van der Waals surface area (Å²) in [5.41, 5.74) is -1.59. The number of hydrogen-bond acceptors (Lipinski definition) is 8. The molecule has 0 aromatic carbocycles. The van der Waals surface area contributed by atoms with Crippen LogP contribution in [0.5, 0.6) is 5.88 Å². The first kappa shape index (κ1) is 15.4. The van der Waals surface area contributed by atoms with E-state index in [4.69, 9.17) is 9.47 Å². The summed E-state index contributed by atoms with van der Waals surface area (Å²) in [5.74, 6) is -2.16. The van der Waals surface area contributed by atoms with Crippen molar-refractivity contribution >= 4 is 0 Å². The molecule has 5 N–H and O–H groups in total. The van der Waals surface area contributed by atoms with Gasteiger partial charge in [0.25, 0.3) is 5.56 Å². The van der Waals surface area contributed by atoms with Gasteiger partial charge in [0.1, 0.15) is 12.2 Å². The smallest absolute Gasteiger partial charge is 0.334 e. The van der Waals surface area contributed by atoms with Crippen LogP contribution in [-0.4, -0.2) is 60.0 Å². The Labute approximate surface area is 127 Å². The van der Waals surface area contributed by atoms with Gasteiger partial charge in [-0.15, -0.1) is 0 Å². The molecule has 3 rings (SSSR count). The largest absolute Gasteiger partial charge is 0.424 e. The van der Waals surface area contributed by atoms with Crippen molar-refractivity contribution in [3.05, 3.63) is 45.4 Å². The SMILES string of the molecule is O=c1ccn([C@]2(Oc3ccn[nH]3)O[C@H](CO)[C@@H](O)[C@H]2O)c(=O)[nH]1. The van der Waals surface area contributed by atoms with Crippen LogP contribution in [0.3, 0.4) is 0 Å². The molecule has 0 unspecified atom stereocenters. The average molecular weight is 326 g/mol. The van der Waals surface area contributed by atoms with E-state index in [0.717, 1.165) is 16.8 Å². The standard InChI is InChI=1S/C12H14N4O7/c17-5-6-9(19)10(20)12(22-6,23-8-1-3-13-15-8)16-4-2-7(18)14-11(16)21/h1-4,6,9-10,17,19-20H,5H2,(H,13,15)(H,14,18,21)/t6-,9-,10-,12+/m1/s1. The minimum absolute atomic E-state index is 0.0351. The first-order valence-corrected chi connectivity index (χ1v) is 6.63. The predicted molar refractivity (Wildman–Crippen MR) is 72.5 cm³/mol. The molecule has 4 atom stereocenters. The van der Waals surface area contributed by atoms with Crippen LogP contribution < -0.4 is 16.0 Å². The van der Waals surface area contributed by atoms with E-state index >= 15 is 0 Å². The first-order chi connectivity index (χ1) is 11.0. The molecule has 1 aliphatic heterocycles. The molecule has 11 heteroatoms. The highest BCUT2D eigenvalue weighted by atomic mass is 16.8. The average Bonchev–Trinajstić information content (AvgIpc) is 3.10. The number of hydrogen-bond donors (Lipinski definition) is 5. The normalized spacial score (nSPS) is 30.5. The zero-order chi connectivity index (χ0) is 16.6. The lowest BCUT2D eigenvalue weighted by Gasteiger charge is -2.32. The van der Waals surface area contributed by atoms with Crippen molar-refractivity contribution in [2.75, 3.05) is 6.61 Å². The van der Waals surface area contributed by atoms with Crippen molar-refractivity contribution in [1.29, 1.82) is 0 Å². The van der Waals surface area contributed by atoms with Gasteiger partial charge in [0.15, 0.2) is 6.10 Å². The van der Waals surface area contributed by atoms with Crippen LogP contribution in [0.2, 0.25) is 0 Å². The van der Waals surface area contributed by atoms with Gasteiger partial charge in [0.05, 0.1) is 12.8 Å². The summed E-state index contributed by atoms with van der Waals surface area (Å²) in [6.07, 6.45) is -2.05. The zero-order valence-electron chi connectivity index (χ0n) is 11.6. The minimum atomic E-state index is -2.19. The molecule has 0 spiro atoms. The van der Waals surface area contributed by atoms with Gasteiger partial charge in [-0.1, -0.05) is 0 Å². The van der Waals surface area contributed by atoms with Gasteiger partial charge < -0.3 is 24.8 Å². The number of aliphatic hydroxyl groups excluding tert-OH is 3. The third-order valence-electron chi connectivity index (χ3n) is 3.47. The fraction of sp³-hybridized carbons (Fsp3) is 0.417. The summed E-state index contributed by atoms with van der Waals surface area (Å²) in [6.45, 7) is -0.621. The van der Waals surface area contributed by atoms with Crippen molar-refractivity contribution < 1.29 is 24.8 Å². The topological polar surface area (TPSA) is 163 Å². The second-order valence-corrected chi connectivity index (χ2v) is 4.91. The second kappa shape index (κ2) is 5.62. The highest BCUT2D eigenvalue weighted by Gasteiger charge is 2.59. The van der Waals surface area contributed by atoms with Crippen molar-refractivity contribution in [1.82, 2.24) is 19.7 Å². The fourth-order valence-corrected chi connectivity index (χ4v) is 2.37. The monoisotopic (exact) mass is 326 g/mol. The van der Waals surface area contributed by atoms with E-state index in [0.29, 0.717) is 0 Å². The number of rotatable bonds is 4. The van der Waals surface area contributed by atoms with Gasteiger partial charge in [0, 0.05) is 18.3 Å². The molecule has 1 saturated heterocycles. The van der Waals surface area contributed by atoms with Gasteiger partial charge in [-0.2, -0.15) is 5.10 Å². The van der Waals surface area contributed by atoms with Crippen LogP contribution >= 0.6 is 0 Å². The van der Waals surface area contributed by atoms with Crippen LogP contribution in [0.25, 0.3) is 0 Å². The van der Waals surface area contributed by atoms with Crippen LogP contribution in [-0.2, 0) is 10.6 Å². The van der Waals surface area contributed by atoms with E-state index in [1.54, 1.807) is 0 Å². The lowest BCUT2D eigenvalue weighted by Crippen LogP contribution is -2.55. The fourth-order valence-electron chi connectivity index (χ4n) is 2.37. The number of aliphatic hydroxyl groups is 3. The summed E-state index contributed by atoms with van der Waals surface area (Å²) in [5, 5.41) is 35.7. The minimum Gasteiger partial charge on any atom is -0.424 e. The maximum absolute atomic E-state index is 12.1. The van der Waals surface area contributed by atoms with Crippen LogP contribution in [0.1, 0.15) is 0 Å². The van der Waals surface area contributed by atoms with Crippen molar-refractivity contribution in [2.45, 2.75) is 24.2 Å². The van der Waals surface area contributed by atoms with E-state index in [9.17, 15) is 24.9 Å². The van der Waals surface area contributed by atoms with Gasteiger partial charge in [-0.25, -0.2) is 14.5 Å². The molecule has 0 bridgehead atoms. The Morgan fingerprint density at radius 2 is 2.17 bits per heavy atom. The second-order valence-electron chi connectivity index (χ2n) is 4.91. The summed E-state index contributed by atoms with van der Waals surface area (Å²) in [4.78, 5) is 25.3. The highest BCUT2D eigenvalue weighted by Crippen LogP contribution is 2.36. The molecular weight excluding hydrogens is 312 g/mol. The number of ether oxygens (including phenoxy) is 2. The van der Waals surface area contributed by atoms with Crippen LogP contribution in [0.15, 0.2) is 34.1 Å². The molecule has 0 saturated carbocycles. The van der Waals surface area contributed by atoms with Gasteiger partial charge >= 0.3 is 11.6 Å². The van der Waals surface area contributed by atoms with Crippen molar-refractivity contribution in [3.63, 3.8) is 0 Å². The maximum Gasteiger partial charge on any atom is 0.334 e. The van der Waals surface area contributed by atoms with Gasteiger partial charge in [-0.05, 0) is 0 Å². The van der Waals surface area contributed by atoms with Crippen LogP contribution in [0.4, 0.5) is 0 Å². The predicted octanol–water partition coefficient (Wildman–Crippen LogP) is -2.94. The number of nitrogens with zero attached hydrogens (tertiary/aromatic N) is 2. The number of H-pyrrole nitrogens is 2. The molecule has 124 valence electrons. The molecular formula is C12H14N4O7. The summed E-state index contributed by atoms with van der Waals surface area (Å²) in [7, 11) is 0. The van der Waals surface area contributed by atoms with Crippen molar-refractivity contribution in [3.8, 4) is 5.88 Å².